The lowest BCUT2D eigenvalue weighted by Crippen LogP contribution is -2.43. The fourth-order valence-corrected chi connectivity index (χ4v) is 4.05. The third-order valence-corrected chi connectivity index (χ3v) is 5.74. The monoisotopic (exact) mass is 413 g/mol. The highest BCUT2D eigenvalue weighted by Gasteiger charge is 2.30. The van der Waals surface area contributed by atoms with Crippen molar-refractivity contribution in [1.29, 1.82) is 0 Å². The SMILES string of the molecule is CCN(CC)C(=O)CN1CCCCC1c1nc(N(C)C)ncc1-c1ccc(F)cc1. The van der Waals surface area contributed by atoms with E-state index in [9.17, 15) is 9.18 Å². The van der Waals surface area contributed by atoms with Crippen molar-refractivity contribution < 1.29 is 9.18 Å². The van der Waals surface area contributed by atoms with Crippen LogP contribution in [0, 0.1) is 5.82 Å². The van der Waals surface area contributed by atoms with E-state index in [1.165, 1.54) is 12.1 Å². The number of rotatable bonds is 7. The topological polar surface area (TPSA) is 52.6 Å². The van der Waals surface area contributed by atoms with Crippen molar-refractivity contribution in [2.45, 2.75) is 39.2 Å². The van der Waals surface area contributed by atoms with E-state index in [0.29, 0.717) is 25.6 Å². The summed E-state index contributed by atoms with van der Waals surface area (Å²) in [6.45, 7) is 6.70. The van der Waals surface area contributed by atoms with E-state index in [-0.39, 0.29) is 17.8 Å². The Bertz CT molecular complexity index is 851. The predicted molar refractivity (Wildman–Crippen MR) is 118 cm³/mol. The highest BCUT2D eigenvalue weighted by molar-refractivity contribution is 5.78. The molecule has 1 saturated heterocycles. The first kappa shape index (κ1) is 22.2. The number of hydrogen-bond donors (Lipinski definition) is 0. The summed E-state index contributed by atoms with van der Waals surface area (Å²) >= 11 is 0. The van der Waals surface area contributed by atoms with Gasteiger partial charge < -0.3 is 9.80 Å². The van der Waals surface area contributed by atoms with E-state index in [1.807, 2.05) is 43.9 Å². The number of likely N-dealkylation sites (N-methyl/N-ethyl adjacent to an activating group) is 1. The number of amides is 1. The zero-order chi connectivity index (χ0) is 21.7. The van der Waals surface area contributed by atoms with Gasteiger partial charge in [-0.05, 0) is 50.9 Å². The molecule has 3 rings (SSSR count). The molecule has 2 aromatic rings. The molecule has 0 spiro atoms. The van der Waals surface area contributed by atoms with Crippen LogP contribution in [-0.4, -0.2) is 65.9 Å². The number of carbonyl (C=O) groups is 1. The molecule has 1 amide bonds. The van der Waals surface area contributed by atoms with Crippen LogP contribution >= 0.6 is 0 Å². The van der Waals surface area contributed by atoms with Gasteiger partial charge in [-0.25, -0.2) is 14.4 Å². The largest absolute Gasteiger partial charge is 0.347 e. The molecule has 1 aliphatic heterocycles. The molecule has 0 bridgehead atoms. The number of anilines is 1. The summed E-state index contributed by atoms with van der Waals surface area (Å²) < 4.78 is 13.5. The van der Waals surface area contributed by atoms with Gasteiger partial charge >= 0.3 is 0 Å². The summed E-state index contributed by atoms with van der Waals surface area (Å²) in [6.07, 6.45) is 4.91. The Hall–Kier alpha value is -2.54. The molecular weight excluding hydrogens is 381 g/mol. The molecule has 30 heavy (non-hydrogen) atoms. The molecule has 1 aromatic heterocycles. The van der Waals surface area contributed by atoms with Crippen LogP contribution in [0.2, 0.25) is 0 Å². The Balaban J connectivity index is 2.00. The Morgan fingerprint density at radius 3 is 2.50 bits per heavy atom. The minimum Gasteiger partial charge on any atom is -0.347 e. The molecule has 0 saturated carbocycles. The Kier molecular flexibility index (Phi) is 7.37. The lowest BCUT2D eigenvalue weighted by molar-refractivity contribution is -0.133. The Labute approximate surface area is 178 Å². The number of nitrogens with zero attached hydrogens (tertiary/aromatic N) is 5. The molecule has 6 nitrogen and oxygen atoms in total. The first-order valence-corrected chi connectivity index (χ1v) is 10.8. The van der Waals surface area contributed by atoms with Crippen LogP contribution in [0.15, 0.2) is 30.5 Å². The second-order valence-electron chi connectivity index (χ2n) is 7.92. The third-order valence-electron chi connectivity index (χ3n) is 5.74. The highest BCUT2D eigenvalue weighted by Crippen LogP contribution is 2.36. The van der Waals surface area contributed by atoms with Crippen LogP contribution in [0.4, 0.5) is 10.3 Å². The Morgan fingerprint density at radius 2 is 1.87 bits per heavy atom. The van der Waals surface area contributed by atoms with E-state index in [1.54, 1.807) is 12.1 Å². The zero-order valence-corrected chi connectivity index (χ0v) is 18.4. The first-order chi connectivity index (χ1) is 14.4. The van der Waals surface area contributed by atoms with Crippen molar-refractivity contribution in [3.8, 4) is 11.1 Å². The normalized spacial score (nSPS) is 17.0. The van der Waals surface area contributed by atoms with Crippen molar-refractivity contribution >= 4 is 11.9 Å². The number of hydrogen-bond acceptors (Lipinski definition) is 5. The van der Waals surface area contributed by atoms with E-state index in [0.717, 1.165) is 42.6 Å². The van der Waals surface area contributed by atoms with E-state index >= 15 is 0 Å². The van der Waals surface area contributed by atoms with Crippen LogP contribution in [-0.2, 0) is 4.79 Å². The third kappa shape index (κ3) is 4.95. The van der Waals surface area contributed by atoms with Gasteiger partial charge in [-0.1, -0.05) is 18.6 Å². The summed E-state index contributed by atoms with van der Waals surface area (Å²) in [4.78, 5) is 28.2. The van der Waals surface area contributed by atoms with Gasteiger partial charge in [-0.3, -0.25) is 9.69 Å². The quantitative estimate of drug-likeness (QED) is 0.692. The maximum Gasteiger partial charge on any atom is 0.236 e. The van der Waals surface area contributed by atoms with Gasteiger partial charge in [0.1, 0.15) is 5.82 Å². The second-order valence-corrected chi connectivity index (χ2v) is 7.92. The molecule has 1 aliphatic rings. The van der Waals surface area contributed by atoms with Crippen LogP contribution < -0.4 is 4.90 Å². The van der Waals surface area contributed by atoms with E-state index < -0.39 is 0 Å². The van der Waals surface area contributed by atoms with Gasteiger partial charge in [0, 0.05) is 38.9 Å². The van der Waals surface area contributed by atoms with Gasteiger partial charge in [0.15, 0.2) is 0 Å². The van der Waals surface area contributed by atoms with E-state index in [2.05, 4.69) is 9.88 Å². The first-order valence-electron chi connectivity index (χ1n) is 10.8. The summed E-state index contributed by atoms with van der Waals surface area (Å²) in [5, 5.41) is 0. The molecule has 0 aliphatic carbocycles. The van der Waals surface area contributed by atoms with Gasteiger partial charge in [0.05, 0.1) is 18.3 Å². The number of carbonyl (C=O) groups excluding carboxylic acids is 1. The fourth-order valence-electron chi connectivity index (χ4n) is 4.05. The molecule has 1 fully saturated rings. The minimum atomic E-state index is -0.268. The van der Waals surface area contributed by atoms with E-state index in [4.69, 9.17) is 4.98 Å². The lowest BCUT2D eigenvalue weighted by Gasteiger charge is -2.37. The standard InChI is InChI=1S/C23H32FN5O/c1-5-28(6-2)21(30)16-29-14-8-7-9-20(29)22-19(15-25-23(26-22)27(3)4)17-10-12-18(24)13-11-17/h10-13,15,20H,5-9,14,16H2,1-4H3. The Morgan fingerprint density at radius 1 is 1.17 bits per heavy atom. The molecule has 0 radical (unpaired) electrons. The second kappa shape index (κ2) is 9.98. The van der Waals surface area contributed by atoms with Crippen molar-refractivity contribution in [3.63, 3.8) is 0 Å². The number of likely N-dealkylation sites (tertiary alicyclic amines) is 1. The van der Waals surface area contributed by atoms with Gasteiger partial charge in [0.2, 0.25) is 11.9 Å². The molecule has 7 heteroatoms. The molecule has 1 unspecified atom stereocenters. The average molecular weight is 414 g/mol. The van der Waals surface area contributed by atoms with Crippen LogP contribution in [0.1, 0.15) is 44.8 Å². The van der Waals surface area contributed by atoms with Gasteiger partial charge in [-0.15, -0.1) is 0 Å². The molecule has 0 N–H and O–H groups in total. The summed E-state index contributed by atoms with van der Waals surface area (Å²) in [7, 11) is 3.83. The minimum absolute atomic E-state index is 0.0278. The molecule has 1 atom stereocenters. The number of piperidine rings is 1. The predicted octanol–water partition coefficient (Wildman–Crippen LogP) is 3.74. The molecule has 2 heterocycles. The molecule has 1 aromatic carbocycles. The van der Waals surface area contributed by atoms with Crippen LogP contribution in [0.25, 0.3) is 11.1 Å². The van der Waals surface area contributed by atoms with Crippen molar-refractivity contribution in [2.75, 3.05) is 45.2 Å². The van der Waals surface area contributed by atoms with Crippen LogP contribution in [0.3, 0.4) is 0 Å². The molecule has 162 valence electrons. The zero-order valence-electron chi connectivity index (χ0n) is 18.4. The summed E-state index contributed by atoms with van der Waals surface area (Å²) in [6, 6.07) is 6.48. The number of aromatic nitrogens is 2. The molecular formula is C23H32FN5O. The number of benzene rings is 1. The highest BCUT2D eigenvalue weighted by atomic mass is 19.1. The maximum atomic E-state index is 13.5. The van der Waals surface area contributed by atoms with Crippen molar-refractivity contribution in [3.05, 3.63) is 42.0 Å². The fraction of sp³-hybridized carbons (Fsp3) is 0.522. The van der Waals surface area contributed by atoms with Crippen molar-refractivity contribution in [2.24, 2.45) is 0 Å². The summed E-state index contributed by atoms with van der Waals surface area (Å²) in [5.41, 5.74) is 2.69. The van der Waals surface area contributed by atoms with Gasteiger partial charge in [0.25, 0.3) is 0 Å². The van der Waals surface area contributed by atoms with Gasteiger partial charge in [-0.2, -0.15) is 0 Å². The average Bonchev–Trinajstić information content (AvgIpc) is 2.75. The van der Waals surface area contributed by atoms with Crippen molar-refractivity contribution in [1.82, 2.24) is 19.8 Å². The number of halogens is 1. The van der Waals surface area contributed by atoms with Crippen LogP contribution in [0.5, 0.6) is 0 Å². The maximum absolute atomic E-state index is 13.5. The smallest absolute Gasteiger partial charge is 0.236 e. The summed E-state index contributed by atoms with van der Waals surface area (Å²) in [5.74, 6) is 0.517. The lowest BCUT2D eigenvalue weighted by atomic mass is 9.93.